The van der Waals surface area contributed by atoms with Crippen LogP contribution in [0.3, 0.4) is 0 Å². The molecule has 1 saturated heterocycles. The maximum Gasteiger partial charge on any atom is 0.251 e. The van der Waals surface area contributed by atoms with Crippen molar-refractivity contribution in [2.75, 3.05) is 26.2 Å². The van der Waals surface area contributed by atoms with Crippen molar-refractivity contribution in [3.8, 4) is 0 Å². The maximum absolute atomic E-state index is 11.8. The Labute approximate surface area is 181 Å². The van der Waals surface area contributed by atoms with Gasteiger partial charge in [-0.05, 0) is 56.2 Å². The van der Waals surface area contributed by atoms with Crippen molar-refractivity contribution in [2.24, 2.45) is 16.8 Å². The van der Waals surface area contributed by atoms with Crippen molar-refractivity contribution >= 4 is 35.8 Å². The van der Waals surface area contributed by atoms with Crippen LogP contribution in [0.15, 0.2) is 29.3 Å². The van der Waals surface area contributed by atoms with E-state index in [9.17, 15) is 4.79 Å². The van der Waals surface area contributed by atoms with Crippen molar-refractivity contribution < 1.29 is 4.79 Å². The van der Waals surface area contributed by atoms with Gasteiger partial charge < -0.3 is 15.5 Å². The first-order chi connectivity index (χ1) is 12.5. The van der Waals surface area contributed by atoms with Gasteiger partial charge in [-0.1, -0.05) is 26.0 Å². The molecule has 0 spiro atoms. The van der Waals surface area contributed by atoms with Gasteiger partial charge in [-0.25, -0.2) is 4.99 Å². The Morgan fingerprint density at radius 2 is 1.85 bits per heavy atom. The quantitative estimate of drug-likeness (QED) is 0.350. The minimum Gasteiger partial charge on any atom is -0.357 e. The van der Waals surface area contributed by atoms with Crippen molar-refractivity contribution in [2.45, 2.75) is 47.1 Å². The third-order valence-corrected chi connectivity index (χ3v) is 4.69. The molecule has 0 aliphatic carbocycles. The van der Waals surface area contributed by atoms with Crippen LogP contribution >= 0.6 is 24.0 Å². The molecule has 1 aromatic rings. The number of nitrogens with one attached hydrogen (secondary N) is 2. The van der Waals surface area contributed by atoms with Crippen molar-refractivity contribution in [3.05, 3.63) is 35.4 Å². The zero-order valence-electron chi connectivity index (χ0n) is 17.1. The topological polar surface area (TPSA) is 56.7 Å². The van der Waals surface area contributed by atoms with E-state index in [0.717, 1.165) is 43.0 Å². The van der Waals surface area contributed by atoms with Crippen LogP contribution in [0, 0.1) is 11.8 Å². The number of hydrogen-bond donors (Lipinski definition) is 2. The van der Waals surface area contributed by atoms with Gasteiger partial charge in [0.05, 0.1) is 6.54 Å². The molecular weight excluding hydrogens is 451 g/mol. The number of amides is 1. The molecule has 27 heavy (non-hydrogen) atoms. The zero-order chi connectivity index (χ0) is 18.9. The van der Waals surface area contributed by atoms with Gasteiger partial charge in [0, 0.05) is 31.7 Å². The van der Waals surface area contributed by atoms with E-state index in [1.807, 2.05) is 31.2 Å². The van der Waals surface area contributed by atoms with E-state index >= 15 is 0 Å². The first kappa shape index (κ1) is 23.7. The lowest BCUT2D eigenvalue weighted by Gasteiger charge is -2.22. The van der Waals surface area contributed by atoms with Crippen LogP contribution in [0.4, 0.5) is 0 Å². The van der Waals surface area contributed by atoms with Gasteiger partial charge >= 0.3 is 0 Å². The van der Waals surface area contributed by atoms with Gasteiger partial charge in [0.2, 0.25) is 0 Å². The second kappa shape index (κ2) is 12.2. The van der Waals surface area contributed by atoms with Crippen LogP contribution in [0.1, 0.15) is 56.5 Å². The fourth-order valence-corrected chi connectivity index (χ4v) is 3.50. The summed E-state index contributed by atoms with van der Waals surface area (Å²) < 4.78 is 0. The highest BCUT2D eigenvalue weighted by molar-refractivity contribution is 14.0. The van der Waals surface area contributed by atoms with Crippen LogP contribution in [0.2, 0.25) is 0 Å². The summed E-state index contributed by atoms with van der Waals surface area (Å²) in [4.78, 5) is 19.0. The SMILES string of the molecule is CCNC(=O)c1ccc(CN=C(NCC)N2CCC(CC(C)C)C2)cc1.I. The van der Waals surface area contributed by atoms with E-state index in [4.69, 9.17) is 4.99 Å². The van der Waals surface area contributed by atoms with E-state index in [1.165, 1.54) is 12.8 Å². The molecule has 0 aromatic heterocycles. The first-order valence-electron chi connectivity index (χ1n) is 9.93. The fourth-order valence-electron chi connectivity index (χ4n) is 3.50. The smallest absolute Gasteiger partial charge is 0.251 e. The van der Waals surface area contributed by atoms with Crippen molar-refractivity contribution in [3.63, 3.8) is 0 Å². The van der Waals surface area contributed by atoms with E-state index in [2.05, 4.69) is 36.3 Å². The Morgan fingerprint density at radius 3 is 2.44 bits per heavy atom. The van der Waals surface area contributed by atoms with Crippen LogP contribution in [-0.2, 0) is 6.54 Å². The van der Waals surface area contributed by atoms with Crippen LogP contribution in [0.25, 0.3) is 0 Å². The second-order valence-electron chi connectivity index (χ2n) is 7.46. The van der Waals surface area contributed by atoms with E-state index in [-0.39, 0.29) is 29.9 Å². The molecule has 1 fully saturated rings. The monoisotopic (exact) mass is 486 g/mol. The second-order valence-corrected chi connectivity index (χ2v) is 7.46. The summed E-state index contributed by atoms with van der Waals surface area (Å²) >= 11 is 0. The predicted octanol–water partition coefficient (Wildman–Crippen LogP) is 3.89. The molecule has 0 saturated carbocycles. The van der Waals surface area contributed by atoms with Crippen LogP contribution < -0.4 is 10.6 Å². The normalized spacial score (nSPS) is 17.0. The lowest BCUT2D eigenvalue weighted by molar-refractivity contribution is 0.0956. The number of guanidine groups is 1. The summed E-state index contributed by atoms with van der Waals surface area (Å²) in [5.41, 5.74) is 1.81. The first-order valence-corrected chi connectivity index (χ1v) is 9.93. The predicted molar refractivity (Wildman–Crippen MR) is 124 cm³/mol. The van der Waals surface area contributed by atoms with Crippen molar-refractivity contribution in [1.29, 1.82) is 0 Å². The molecule has 1 unspecified atom stereocenters. The van der Waals surface area contributed by atoms with Crippen molar-refractivity contribution in [1.82, 2.24) is 15.5 Å². The molecule has 1 aromatic carbocycles. The van der Waals surface area contributed by atoms with Gasteiger partial charge in [-0.3, -0.25) is 4.79 Å². The number of nitrogens with zero attached hydrogens (tertiary/aromatic N) is 2. The Balaban J connectivity index is 0.00000364. The Kier molecular flexibility index (Phi) is 10.7. The summed E-state index contributed by atoms with van der Waals surface area (Å²) in [7, 11) is 0. The molecule has 2 rings (SSSR count). The van der Waals surface area contributed by atoms with Gasteiger partial charge in [0.15, 0.2) is 5.96 Å². The molecule has 1 amide bonds. The highest BCUT2D eigenvalue weighted by Gasteiger charge is 2.25. The van der Waals surface area contributed by atoms with Gasteiger partial charge in [-0.15, -0.1) is 24.0 Å². The van der Waals surface area contributed by atoms with Gasteiger partial charge in [0.25, 0.3) is 5.91 Å². The van der Waals surface area contributed by atoms with E-state index in [1.54, 1.807) is 0 Å². The largest absolute Gasteiger partial charge is 0.357 e. The molecule has 0 bridgehead atoms. The molecule has 1 atom stereocenters. The molecule has 5 nitrogen and oxygen atoms in total. The highest BCUT2D eigenvalue weighted by atomic mass is 127. The van der Waals surface area contributed by atoms with E-state index in [0.29, 0.717) is 18.7 Å². The lowest BCUT2D eigenvalue weighted by atomic mass is 9.97. The number of halogens is 1. The number of benzene rings is 1. The summed E-state index contributed by atoms with van der Waals surface area (Å²) in [5, 5.41) is 6.25. The van der Waals surface area contributed by atoms with Gasteiger partial charge in [0.1, 0.15) is 0 Å². The Morgan fingerprint density at radius 1 is 1.19 bits per heavy atom. The maximum atomic E-state index is 11.8. The Bertz CT molecular complexity index is 601. The van der Waals surface area contributed by atoms with Gasteiger partial charge in [-0.2, -0.15) is 0 Å². The standard InChI is InChI=1S/C21H34N4O.HI/c1-5-22-20(26)19-9-7-17(8-10-19)14-24-21(23-6-2)25-12-11-18(15-25)13-16(3)4;/h7-10,16,18H,5-6,11-15H2,1-4H3,(H,22,26)(H,23,24);1H. The molecule has 1 heterocycles. The molecule has 6 heteroatoms. The van der Waals surface area contributed by atoms with Crippen LogP contribution in [-0.4, -0.2) is 42.9 Å². The van der Waals surface area contributed by atoms with E-state index < -0.39 is 0 Å². The molecule has 1 aliphatic rings. The average molecular weight is 486 g/mol. The minimum atomic E-state index is -0.0239. The average Bonchev–Trinajstić information content (AvgIpc) is 3.07. The molecule has 1 aliphatic heterocycles. The lowest BCUT2D eigenvalue weighted by Crippen LogP contribution is -2.40. The minimum absolute atomic E-state index is 0. The van der Waals surface area contributed by atoms with Crippen LogP contribution in [0.5, 0.6) is 0 Å². The zero-order valence-corrected chi connectivity index (χ0v) is 19.5. The third-order valence-electron chi connectivity index (χ3n) is 4.69. The number of rotatable bonds is 7. The highest BCUT2D eigenvalue weighted by Crippen LogP contribution is 2.23. The third kappa shape index (κ3) is 7.68. The molecule has 152 valence electrons. The molecular formula is C21H35IN4O. The summed E-state index contributed by atoms with van der Waals surface area (Å²) in [6, 6.07) is 7.72. The Hall–Kier alpha value is -1.31. The molecule has 2 N–H and O–H groups in total. The fraction of sp³-hybridized carbons (Fsp3) is 0.619. The summed E-state index contributed by atoms with van der Waals surface area (Å²) in [5.74, 6) is 2.51. The number of carbonyl (C=O) groups excluding carboxylic acids is 1. The summed E-state index contributed by atoms with van der Waals surface area (Å²) in [6.07, 6.45) is 2.54. The molecule has 0 radical (unpaired) electrons. The number of likely N-dealkylation sites (tertiary alicyclic amines) is 1. The number of hydrogen-bond acceptors (Lipinski definition) is 2. The number of aliphatic imine (C=N–C) groups is 1. The number of carbonyl (C=O) groups is 1. The summed E-state index contributed by atoms with van der Waals surface area (Å²) in [6.45, 7) is 13.0.